The second-order valence-corrected chi connectivity index (χ2v) is 5.85. The molecule has 0 fully saturated rings. The monoisotopic (exact) mass is 342 g/mol. The number of Topliss-reactive ketones (excluding diaryl/α,β-unsaturated/α-hetero) is 1. The normalized spacial score (nSPS) is 10.8. The summed E-state index contributed by atoms with van der Waals surface area (Å²) in [7, 11) is 1.69. The summed E-state index contributed by atoms with van der Waals surface area (Å²) in [4.78, 5) is 27.9. The molecule has 0 N–H and O–H groups in total. The van der Waals surface area contributed by atoms with Crippen LogP contribution in [-0.2, 0) is 18.4 Å². The maximum absolute atomic E-state index is 12.2. The van der Waals surface area contributed by atoms with E-state index in [1.807, 2.05) is 30.3 Å². The fourth-order valence-corrected chi connectivity index (χ4v) is 2.61. The molecule has 0 amide bonds. The van der Waals surface area contributed by atoms with E-state index in [4.69, 9.17) is 16.3 Å². The van der Waals surface area contributed by atoms with E-state index >= 15 is 0 Å². The molecule has 0 unspecified atom stereocenters. The Labute approximate surface area is 143 Å². The zero-order valence-electron chi connectivity index (χ0n) is 13.2. The van der Waals surface area contributed by atoms with Crippen molar-refractivity contribution >= 4 is 34.3 Å². The van der Waals surface area contributed by atoms with Crippen LogP contribution in [0.5, 0.6) is 0 Å². The molecule has 0 aliphatic heterocycles. The van der Waals surface area contributed by atoms with Gasteiger partial charge in [0.2, 0.25) is 0 Å². The third-order valence-electron chi connectivity index (χ3n) is 3.73. The molecule has 0 aliphatic rings. The van der Waals surface area contributed by atoms with E-state index < -0.39 is 5.97 Å². The smallest absolute Gasteiger partial charge is 0.355 e. The van der Waals surface area contributed by atoms with Gasteiger partial charge in [0.1, 0.15) is 17.5 Å². The molecule has 0 atom stereocenters. The number of halogens is 1. The van der Waals surface area contributed by atoms with Crippen molar-refractivity contribution in [3.05, 3.63) is 64.6 Å². The first-order valence-electron chi connectivity index (χ1n) is 7.34. The highest BCUT2D eigenvalue weighted by Crippen LogP contribution is 2.21. The summed E-state index contributed by atoms with van der Waals surface area (Å²) in [5, 5.41) is 1.23. The van der Waals surface area contributed by atoms with E-state index in [1.165, 1.54) is 13.0 Å². The van der Waals surface area contributed by atoms with Gasteiger partial charge in [-0.25, -0.2) is 9.78 Å². The lowest BCUT2D eigenvalue weighted by Crippen LogP contribution is -2.10. The predicted molar refractivity (Wildman–Crippen MR) is 91.3 cm³/mol. The second kappa shape index (κ2) is 6.45. The molecular formula is C18H15ClN2O3. The van der Waals surface area contributed by atoms with E-state index in [0.29, 0.717) is 22.0 Å². The van der Waals surface area contributed by atoms with Crippen molar-refractivity contribution in [2.75, 3.05) is 0 Å². The third-order valence-corrected chi connectivity index (χ3v) is 4.06. The van der Waals surface area contributed by atoms with Crippen LogP contribution in [0.15, 0.2) is 42.6 Å². The van der Waals surface area contributed by atoms with Crippen LogP contribution in [0.25, 0.3) is 10.9 Å². The SMILES string of the molecule is CC(=O)c1cc(C(=O)OCc2cc3ccccc3nc2Cl)n(C)c1. The van der Waals surface area contributed by atoms with Crippen molar-refractivity contribution in [2.24, 2.45) is 7.05 Å². The Morgan fingerprint density at radius 3 is 2.71 bits per heavy atom. The molecule has 0 spiro atoms. The molecule has 0 saturated carbocycles. The van der Waals surface area contributed by atoms with Crippen molar-refractivity contribution < 1.29 is 14.3 Å². The second-order valence-electron chi connectivity index (χ2n) is 5.49. The van der Waals surface area contributed by atoms with Crippen LogP contribution in [0.4, 0.5) is 0 Å². The van der Waals surface area contributed by atoms with Crippen LogP contribution < -0.4 is 0 Å². The largest absolute Gasteiger partial charge is 0.456 e. The average Bonchev–Trinajstić information content (AvgIpc) is 2.95. The number of rotatable bonds is 4. The number of para-hydroxylation sites is 1. The van der Waals surface area contributed by atoms with Crippen LogP contribution in [0.1, 0.15) is 33.3 Å². The lowest BCUT2D eigenvalue weighted by atomic mass is 10.2. The van der Waals surface area contributed by atoms with E-state index in [0.717, 1.165) is 10.9 Å². The Morgan fingerprint density at radius 1 is 1.25 bits per heavy atom. The van der Waals surface area contributed by atoms with Crippen LogP contribution in [0.3, 0.4) is 0 Å². The van der Waals surface area contributed by atoms with Gasteiger partial charge < -0.3 is 9.30 Å². The Kier molecular flexibility index (Phi) is 4.36. The number of fused-ring (bicyclic) bond motifs is 1. The molecule has 0 bridgehead atoms. The summed E-state index contributed by atoms with van der Waals surface area (Å²) in [5.41, 5.74) is 2.19. The van der Waals surface area contributed by atoms with Gasteiger partial charge >= 0.3 is 5.97 Å². The highest BCUT2D eigenvalue weighted by atomic mass is 35.5. The number of esters is 1. The quantitative estimate of drug-likeness (QED) is 0.411. The van der Waals surface area contributed by atoms with Crippen LogP contribution in [0, 0.1) is 0 Å². The maximum atomic E-state index is 12.2. The topological polar surface area (TPSA) is 61.2 Å². The number of pyridine rings is 1. The molecular weight excluding hydrogens is 328 g/mol. The maximum Gasteiger partial charge on any atom is 0.355 e. The van der Waals surface area contributed by atoms with Crippen molar-refractivity contribution in [1.82, 2.24) is 9.55 Å². The summed E-state index contributed by atoms with van der Waals surface area (Å²) >= 11 is 6.16. The average molecular weight is 343 g/mol. The molecule has 3 rings (SSSR count). The highest BCUT2D eigenvalue weighted by Gasteiger charge is 2.16. The summed E-state index contributed by atoms with van der Waals surface area (Å²) < 4.78 is 6.89. The highest BCUT2D eigenvalue weighted by molar-refractivity contribution is 6.30. The first kappa shape index (κ1) is 16.2. The van der Waals surface area contributed by atoms with Gasteiger partial charge in [0, 0.05) is 29.8 Å². The minimum atomic E-state index is -0.519. The van der Waals surface area contributed by atoms with Crippen LogP contribution in [0.2, 0.25) is 5.15 Å². The fourth-order valence-electron chi connectivity index (χ4n) is 2.41. The number of hydrogen-bond donors (Lipinski definition) is 0. The molecule has 2 heterocycles. The zero-order valence-corrected chi connectivity index (χ0v) is 14.0. The summed E-state index contributed by atoms with van der Waals surface area (Å²) in [6.45, 7) is 1.46. The van der Waals surface area contributed by atoms with Gasteiger partial charge in [0.05, 0.1) is 5.52 Å². The zero-order chi connectivity index (χ0) is 17.3. The molecule has 5 nitrogen and oxygen atoms in total. The van der Waals surface area contributed by atoms with Gasteiger partial charge in [-0.1, -0.05) is 29.8 Å². The van der Waals surface area contributed by atoms with Gasteiger partial charge in [0.25, 0.3) is 0 Å². The minimum absolute atomic E-state index is 0.0100. The molecule has 0 radical (unpaired) electrons. The number of nitrogens with zero attached hydrogens (tertiary/aromatic N) is 2. The number of carbonyl (C=O) groups is 2. The lowest BCUT2D eigenvalue weighted by molar-refractivity contribution is 0.0461. The molecule has 6 heteroatoms. The van der Waals surface area contributed by atoms with Crippen LogP contribution in [-0.4, -0.2) is 21.3 Å². The Morgan fingerprint density at radius 2 is 2.00 bits per heavy atom. The van der Waals surface area contributed by atoms with Gasteiger partial charge in [-0.2, -0.15) is 0 Å². The molecule has 0 aliphatic carbocycles. The number of ether oxygens (including phenoxy) is 1. The van der Waals surface area contributed by atoms with Crippen molar-refractivity contribution in [1.29, 1.82) is 0 Å². The Hall–Kier alpha value is -2.66. The summed E-state index contributed by atoms with van der Waals surface area (Å²) in [6.07, 6.45) is 1.60. The van der Waals surface area contributed by atoms with Crippen LogP contribution >= 0.6 is 11.6 Å². The first-order valence-corrected chi connectivity index (χ1v) is 7.72. The van der Waals surface area contributed by atoms with Crippen molar-refractivity contribution in [3.8, 4) is 0 Å². The summed E-state index contributed by atoms with van der Waals surface area (Å²) in [5.74, 6) is -0.624. The van der Waals surface area contributed by atoms with E-state index in [2.05, 4.69) is 4.98 Å². The molecule has 24 heavy (non-hydrogen) atoms. The minimum Gasteiger partial charge on any atom is -0.456 e. The van der Waals surface area contributed by atoms with E-state index in [-0.39, 0.29) is 12.4 Å². The van der Waals surface area contributed by atoms with Gasteiger partial charge in [-0.3, -0.25) is 4.79 Å². The standard InChI is InChI=1S/C18H15ClN2O3/c1-11(22)13-8-16(21(2)9-13)18(23)24-10-14-7-12-5-3-4-6-15(12)20-17(14)19/h3-9H,10H2,1-2H3. The van der Waals surface area contributed by atoms with E-state index in [1.54, 1.807) is 17.8 Å². The molecule has 122 valence electrons. The van der Waals surface area contributed by atoms with Gasteiger partial charge in [-0.15, -0.1) is 0 Å². The summed E-state index contributed by atoms with van der Waals surface area (Å²) in [6, 6.07) is 10.9. The molecule has 1 aromatic carbocycles. The molecule has 3 aromatic rings. The Bertz CT molecular complexity index is 947. The predicted octanol–water partition coefficient (Wildman–Crippen LogP) is 3.79. The molecule has 0 saturated heterocycles. The van der Waals surface area contributed by atoms with E-state index in [9.17, 15) is 9.59 Å². The number of carbonyl (C=O) groups excluding carboxylic acids is 2. The molecule has 2 aromatic heterocycles. The fraction of sp³-hybridized carbons (Fsp3) is 0.167. The number of aryl methyl sites for hydroxylation is 1. The number of benzene rings is 1. The van der Waals surface area contributed by atoms with Crippen molar-refractivity contribution in [2.45, 2.75) is 13.5 Å². The Balaban J connectivity index is 1.79. The number of hydrogen-bond acceptors (Lipinski definition) is 4. The lowest BCUT2D eigenvalue weighted by Gasteiger charge is -2.08. The third kappa shape index (κ3) is 3.16. The first-order chi connectivity index (χ1) is 11.5. The van der Waals surface area contributed by atoms with Gasteiger partial charge in [0.15, 0.2) is 5.78 Å². The van der Waals surface area contributed by atoms with Crippen molar-refractivity contribution in [3.63, 3.8) is 0 Å². The van der Waals surface area contributed by atoms with Gasteiger partial charge in [-0.05, 0) is 25.1 Å². The number of aromatic nitrogens is 2. The number of ketones is 1.